The first-order valence-corrected chi connectivity index (χ1v) is 8.52. The molecule has 0 aromatic heterocycles. The van der Waals surface area contributed by atoms with Crippen molar-refractivity contribution in [2.75, 3.05) is 22.5 Å². The number of rotatable bonds is 7. The van der Waals surface area contributed by atoms with Gasteiger partial charge in [-0.3, -0.25) is 9.59 Å². The molecular formula is C20H25N3O2. The molecule has 0 heterocycles. The van der Waals surface area contributed by atoms with E-state index in [4.69, 9.17) is 0 Å². The van der Waals surface area contributed by atoms with Gasteiger partial charge in [-0.15, -0.1) is 0 Å². The largest absolute Gasteiger partial charge is 0.376 e. The minimum Gasteiger partial charge on any atom is -0.376 e. The van der Waals surface area contributed by atoms with Crippen LogP contribution in [0.4, 0.5) is 17.1 Å². The first-order chi connectivity index (χ1) is 12.0. The van der Waals surface area contributed by atoms with Crippen molar-refractivity contribution in [2.24, 2.45) is 0 Å². The Morgan fingerprint density at radius 2 is 1.52 bits per heavy atom. The SMILES string of the molecule is CCC(=O)Nc1ccc(NCC(=O)Nc2ccccc2C(C)C)cc1. The number of nitrogens with one attached hydrogen (secondary N) is 3. The van der Waals surface area contributed by atoms with Gasteiger partial charge in [0.1, 0.15) is 0 Å². The lowest BCUT2D eigenvalue weighted by atomic mass is 10.0. The molecule has 0 aliphatic carbocycles. The minimum atomic E-state index is -0.100. The van der Waals surface area contributed by atoms with E-state index >= 15 is 0 Å². The molecule has 0 bridgehead atoms. The second-order valence-corrected chi connectivity index (χ2v) is 6.12. The number of benzene rings is 2. The van der Waals surface area contributed by atoms with Gasteiger partial charge in [0.05, 0.1) is 6.54 Å². The summed E-state index contributed by atoms with van der Waals surface area (Å²) in [5.41, 5.74) is 3.53. The number of hydrogen-bond acceptors (Lipinski definition) is 3. The predicted molar refractivity (Wildman–Crippen MR) is 103 cm³/mol. The zero-order chi connectivity index (χ0) is 18.2. The summed E-state index contributed by atoms with van der Waals surface area (Å²) in [6, 6.07) is 15.1. The molecule has 2 amide bonds. The Morgan fingerprint density at radius 3 is 2.16 bits per heavy atom. The molecule has 0 spiro atoms. The van der Waals surface area contributed by atoms with Crippen LogP contribution >= 0.6 is 0 Å². The van der Waals surface area contributed by atoms with Crippen molar-refractivity contribution in [3.05, 3.63) is 54.1 Å². The van der Waals surface area contributed by atoms with Crippen LogP contribution in [0.15, 0.2) is 48.5 Å². The highest BCUT2D eigenvalue weighted by Crippen LogP contribution is 2.23. The number of carbonyl (C=O) groups excluding carboxylic acids is 2. The first kappa shape index (κ1) is 18.5. The summed E-state index contributed by atoms with van der Waals surface area (Å²) in [7, 11) is 0. The summed E-state index contributed by atoms with van der Waals surface area (Å²) < 4.78 is 0. The minimum absolute atomic E-state index is 0.0242. The van der Waals surface area contributed by atoms with E-state index in [0.29, 0.717) is 12.3 Å². The number of hydrogen-bond donors (Lipinski definition) is 3. The molecule has 2 aromatic carbocycles. The van der Waals surface area contributed by atoms with Gasteiger partial charge in [-0.25, -0.2) is 0 Å². The number of carbonyl (C=O) groups is 2. The molecule has 132 valence electrons. The van der Waals surface area contributed by atoms with Crippen LogP contribution in [0.2, 0.25) is 0 Å². The summed E-state index contributed by atoms with van der Waals surface area (Å²) in [4.78, 5) is 23.5. The van der Waals surface area contributed by atoms with Gasteiger partial charge in [-0.1, -0.05) is 39.0 Å². The van der Waals surface area contributed by atoms with Crippen molar-refractivity contribution in [3.8, 4) is 0 Å². The van der Waals surface area contributed by atoms with Crippen molar-refractivity contribution in [3.63, 3.8) is 0 Å². The van der Waals surface area contributed by atoms with Crippen molar-refractivity contribution >= 4 is 28.9 Å². The Balaban J connectivity index is 1.89. The predicted octanol–water partition coefficient (Wildman–Crippen LogP) is 4.21. The highest BCUT2D eigenvalue weighted by Gasteiger charge is 2.09. The average molecular weight is 339 g/mol. The molecule has 0 aliphatic heterocycles. The Kier molecular flexibility index (Phi) is 6.57. The molecule has 5 nitrogen and oxygen atoms in total. The molecule has 0 atom stereocenters. The highest BCUT2D eigenvalue weighted by atomic mass is 16.2. The van der Waals surface area contributed by atoms with Crippen LogP contribution in [0.3, 0.4) is 0 Å². The van der Waals surface area contributed by atoms with Crippen LogP contribution in [0, 0.1) is 0 Å². The highest BCUT2D eigenvalue weighted by molar-refractivity contribution is 5.94. The molecule has 5 heteroatoms. The smallest absolute Gasteiger partial charge is 0.243 e. The van der Waals surface area contributed by atoms with E-state index in [1.807, 2.05) is 48.5 Å². The standard InChI is InChI=1S/C20H25N3O2/c1-4-19(24)22-16-11-9-15(10-12-16)21-13-20(25)23-18-8-6-5-7-17(18)14(2)3/h5-12,14,21H,4,13H2,1-3H3,(H,22,24)(H,23,25). The van der Waals surface area contributed by atoms with Crippen LogP contribution in [0.1, 0.15) is 38.7 Å². The van der Waals surface area contributed by atoms with Crippen LogP contribution in [0.5, 0.6) is 0 Å². The molecule has 3 N–H and O–H groups in total. The van der Waals surface area contributed by atoms with Gasteiger partial charge < -0.3 is 16.0 Å². The van der Waals surface area contributed by atoms with Crippen LogP contribution in [-0.4, -0.2) is 18.4 Å². The summed E-state index contributed by atoms with van der Waals surface area (Å²) >= 11 is 0. The normalized spacial score (nSPS) is 10.4. The fraction of sp³-hybridized carbons (Fsp3) is 0.300. The van der Waals surface area contributed by atoms with E-state index in [2.05, 4.69) is 29.8 Å². The monoisotopic (exact) mass is 339 g/mol. The molecule has 0 aliphatic rings. The summed E-state index contributed by atoms with van der Waals surface area (Å²) in [6.07, 6.45) is 0.442. The van der Waals surface area contributed by atoms with Gasteiger partial charge in [0, 0.05) is 23.5 Å². The van der Waals surface area contributed by atoms with Crippen molar-refractivity contribution < 1.29 is 9.59 Å². The number of anilines is 3. The first-order valence-electron chi connectivity index (χ1n) is 8.52. The fourth-order valence-electron chi connectivity index (χ4n) is 2.41. The molecular weight excluding hydrogens is 314 g/mol. The maximum Gasteiger partial charge on any atom is 0.243 e. The van der Waals surface area contributed by atoms with Crippen molar-refractivity contribution in [2.45, 2.75) is 33.1 Å². The molecule has 0 saturated carbocycles. The molecule has 0 saturated heterocycles. The number of amides is 2. The van der Waals surface area contributed by atoms with E-state index in [1.54, 1.807) is 6.92 Å². The summed E-state index contributed by atoms with van der Waals surface area (Å²) in [6.45, 7) is 6.18. The maximum absolute atomic E-state index is 12.2. The van der Waals surface area contributed by atoms with E-state index in [0.717, 1.165) is 22.6 Å². The number of para-hydroxylation sites is 1. The van der Waals surface area contributed by atoms with Gasteiger partial charge in [0.2, 0.25) is 11.8 Å². The van der Waals surface area contributed by atoms with E-state index in [-0.39, 0.29) is 18.4 Å². The second-order valence-electron chi connectivity index (χ2n) is 6.12. The second kappa shape index (κ2) is 8.87. The van der Waals surface area contributed by atoms with Crippen LogP contribution in [-0.2, 0) is 9.59 Å². The molecule has 0 unspecified atom stereocenters. The third-order valence-corrected chi connectivity index (χ3v) is 3.80. The van der Waals surface area contributed by atoms with Crippen LogP contribution < -0.4 is 16.0 Å². The quantitative estimate of drug-likeness (QED) is 0.708. The summed E-state index contributed by atoms with van der Waals surface area (Å²) in [5.74, 6) is 0.218. The molecule has 25 heavy (non-hydrogen) atoms. The lowest BCUT2D eigenvalue weighted by Crippen LogP contribution is -2.22. The van der Waals surface area contributed by atoms with Gasteiger partial charge >= 0.3 is 0 Å². The Labute approximate surface area is 148 Å². The lowest BCUT2D eigenvalue weighted by molar-refractivity contribution is -0.116. The molecule has 2 rings (SSSR count). The zero-order valence-electron chi connectivity index (χ0n) is 14.9. The molecule has 0 fully saturated rings. The van der Waals surface area contributed by atoms with Crippen molar-refractivity contribution in [1.82, 2.24) is 0 Å². The van der Waals surface area contributed by atoms with E-state index < -0.39 is 0 Å². The van der Waals surface area contributed by atoms with Crippen molar-refractivity contribution in [1.29, 1.82) is 0 Å². The Morgan fingerprint density at radius 1 is 0.880 bits per heavy atom. The maximum atomic E-state index is 12.2. The van der Waals surface area contributed by atoms with E-state index in [9.17, 15) is 9.59 Å². The molecule has 2 aromatic rings. The average Bonchev–Trinajstić information content (AvgIpc) is 2.61. The molecule has 0 radical (unpaired) electrons. The van der Waals surface area contributed by atoms with Gasteiger partial charge in [-0.2, -0.15) is 0 Å². The Hall–Kier alpha value is -2.82. The topological polar surface area (TPSA) is 70.2 Å². The third-order valence-electron chi connectivity index (χ3n) is 3.80. The fourth-order valence-corrected chi connectivity index (χ4v) is 2.41. The zero-order valence-corrected chi connectivity index (χ0v) is 14.9. The third kappa shape index (κ3) is 5.64. The van der Waals surface area contributed by atoms with Gasteiger partial charge in [-0.05, 0) is 41.8 Å². The van der Waals surface area contributed by atoms with Gasteiger partial charge in [0.15, 0.2) is 0 Å². The summed E-state index contributed by atoms with van der Waals surface area (Å²) in [5, 5.41) is 8.82. The Bertz CT molecular complexity index is 724. The van der Waals surface area contributed by atoms with E-state index in [1.165, 1.54) is 0 Å². The van der Waals surface area contributed by atoms with Gasteiger partial charge in [0.25, 0.3) is 0 Å². The van der Waals surface area contributed by atoms with Crippen LogP contribution in [0.25, 0.3) is 0 Å². The lowest BCUT2D eigenvalue weighted by Gasteiger charge is -2.14.